The molecule has 0 spiro atoms. The number of rotatable bonds is 6. The van der Waals surface area contributed by atoms with Gasteiger partial charge in [0.25, 0.3) is 0 Å². The number of amides is 1. The lowest BCUT2D eigenvalue weighted by Crippen LogP contribution is -2.36. The monoisotopic (exact) mass is 326 g/mol. The molecule has 1 aliphatic heterocycles. The first-order chi connectivity index (χ1) is 11.8. The van der Waals surface area contributed by atoms with Crippen LogP contribution in [0.5, 0.6) is 5.75 Å². The van der Waals surface area contributed by atoms with Crippen molar-refractivity contribution in [3.63, 3.8) is 0 Å². The van der Waals surface area contributed by atoms with Crippen LogP contribution in [0, 0.1) is 0 Å². The third-order valence-electron chi connectivity index (χ3n) is 3.85. The Hall–Kier alpha value is -2.53. The Morgan fingerprint density at radius 1 is 1.08 bits per heavy atom. The summed E-state index contributed by atoms with van der Waals surface area (Å²) in [7, 11) is 0. The van der Waals surface area contributed by atoms with Crippen molar-refractivity contribution in [3.05, 3.63) is 54.6 Å². The first-order valence-corrected chi connectivity index (χ1v) is 8.22. The standard InChI is InChI=1S/C19H22N2O3/c22-19(9-12-24-18-7-2-1-3-8-18)20-16-5-4-6-17(15-16)21-10-13-23-14-11-21/h1-8,15H,9-14H2,(H,20,22). The first-order valence-electron chi connectivity index (χ1n) is 8.22. The highest BCUT2D eigenvalue weighted by atomic mass is 16.5. The van der Waals surface area contributed by atoms with Crippen LogP contribution in [0.15, 0.2) is 54.6 Å². The fourth-order valence-corrected chi connectivity index (χ4v) is 2.60. The van der Waals surface area contributed by atoms with Gasteiger partial charge in [-0.3, -0.25) is 4.79 Å². The molecule has 0 atom stereocenters. The van der Waals surface area contributed by atoms with Crippen LogP contribution in [-0.2, 0) is 9.53 Å². The van der Waals surface area contributed by atoms with E-state index in [-0.39, 0.29) is 5.91 Å². The van der Waals surface area contributed by atoms with E-state index in [9.17, 15) is 4.79 Å². The lowest BCUT2D eigenvalue weighted by molar-refractivity contribution is -0.116. The highest BCUT2D eigenvalue weighted by molar-refractivity contribution is 5.91. The molecule has 1 N–H and O–H groups in total. The molecule has 126 valence electrons. The number of hydrogen-bond donors (Lipinski definition) is 1. The van der Waals surface area contributed by atoms with E-state index < -0.39 is 0 Å². The second-order valence-corrected chi connectivity index (χ2v) is 5.61. The molecule has 1 heterocycles. The third-order valence-corrected chi connectivity index (χ3v) is 3.85. The maximum Gasteiger partial charge on any atom is 0.227 e. The summed E-state index contributed by atoms with van der Waals surface area (Å²) in [4.78, 5) is 14.3. The second kappa shape index (κ2) is 8.36. The Morgan fingerprint density at radius 3 is 2.67 bits per heavy atom. The Kier molecular flexibility index (Phi) is 5.69. The summed E-state index contributed by atoms with van der Waals surface area (Å²) in [5.74, 6) is 0.727. The van der Waals surface area contributed by atoms with Crippen LogP contribution >= 0.6 is 0 Å². The quantitative estimate of drug-likeness (QED) is 0.887. The van der Waals surface area contributed by atoms with Gasteiger partial charge in [0.2, 0.25) is 5.91 Å². The fourth-order valence-electron chi connectivity index (χ4n) is 2.60. The van der Waals surface area contributed by atoms with Crippen LogP contribution in [0.4, 0.5) is 11.4 Å². The van der Waals surface area contributed by atoms with E-state index in [1.165, 1.54) is 0 Å². The molecule has 0 aromatic heterocycles. The van der Waals surface area contributed by atoms with Gasteiger partial charge < -0.3 is 19.7 Å². The van der Waals surface area contributed by atoms with Gasteiger partial charge in [-0.15, -0.1) is 0 Å². The van der Waals surface area contributed by atoms with Gasteiger partial charge >= 0.3 is 0 Å². The van der Waals surface area contributed by atoms with Crippen molar-refractivity contribution in [2.75, 3.05) is 43.1 Å². The van der Waals surface area contributed by atoms with Crippen LogP contribution < -0.4 is 15.0 Å². The third kappa shape index (κ3) is 4.73. The van der Waals surface area contributed by atoms with Crippen molar-refractivity contribution in [3.8, 4) is 5.75 Å². The van der Waals surface area contributed by atoms with E-state index in [0.29, 0.717) is 13.0 Å². The van der Waals surface area contributed by atoms with E-state index in [4.69, 9.17) is 9.47 Å². The summed E-state index contributed by atoms with van der Waals surface area (Å²) in [5.41, 5.74) is 1.92. The molecule has 2 aromatic carbocycles. The predicted octanol–water partition coefficient (Wildman–Crippen LogP) is 2.93. The normalized spacial score (nSPS) is 14.2. The summed E-state index contributed by atoms with van der Waals surface area (Å²) in [6.45, 7) is 3.60. The number of carbonyl (C=O) groups excluding carboxylic acids is 1. The summed E-state index contributed by atoms with van der Waals surface area (Å²) in [6.07, 6.45) is 0.316. The van der Waals surface area contributed by atoms with Crippen molar-refractivity contribution in [2.45, 2.75) is 6.42 Å². The lowest BCUT2D eigenvalue weighted by atomic mass is 10.2. The first kappa shape index (κ1) is 16.3. The number of carbonyl (C=O) groups is 1. The number of para-hydroxylation sites is 1. The molecule has 1 aliphatic rings. The Morgan fingerprint density at radius 2 is 1.88 bits per heavy atom. The largest absolute Gasteiger partial charge is 0.493 e. The summed E-state index contributed by atoms with van der Waals surface area (Å²) in [5, 5.41) is 2.93. The van der Waals surface area contributed by atoms with E-state index in [0.717, 1.165) is 43.4 Å². The Labute approximate surface area is 142 Å². The number of morpholine rings is 1. The summed E-state index contributed by atoms with van der Waals surface area (Å²) in [6, 6.07) is 17.4. The molecule has 1 fully saturated rings. The minimum atomic E-state index is -0.0509. The van der Waals surface area contributed by atoms with Gasteiger partial charge in [0.1, 0.15) is 5.75 Å². The zero-order chi connectivity index (χ0) is 16.6. The fraction of sp³-hybridized carbons (Fsp3) is 0.316. The van der Waals surface area contributed by atoms with Crippen LogP contribution in [-0.4, -0.2) is 38.8 Å². The molecule has 0 bridgehead atoms. The van der Waals surface area contributed by atoms with Gasteiger partial charge in [-0.2, -0.15) is 0 Å². The van der Waals surface area contributed by atoms with Crippen LogP contribution in [0.25, 0.3) is 0 Å². The van der Waals surface area contributed by atoms with Crippen molar-refractivity contribution in [1.29, 1.82) is 0 Å². The molecule has 1 amide bonds. The number of benzene rings is 2. The molecule has 0 aliphatic carbocycles. The van der Waals surface area contributed by atoms with Crippen molar-refractivity contribution in [1.82, 2.24) is 0 Å². The number of ether oxygens (including phenoxy) is 2. The summed E-state index contributed by atoms with van der Waals surface area (Å²) < 4.78 is 10.9. The highest BCUT2D eigenvalue weighted by Crippen LogP contribution is 2.20. The van der Waals surface area contributed by atoms with Gasteiger partial charge in [-0.05, 0) is 30.3 Å². The Bertz CT molecular complexity index is 655. The van der Waals surface area contributed by atoms with Gasteiger partial charge in [-0.1, -0.05) is 24.3 Å². The predicted molar refractivity (Wildman–Crippen MR) is 94.7 cm³/mol. The zero-order valence-corrected chi connectivity index (χ0v) is 13.6. The number of anilines is 2. The Balaban J connectivity index is 1.49. The second-order valence-electron chi connectivity index (χ2n) is 5.61. The van der Waals surface area contributed by atoms with Crippen LogP contribution in [0.1, 0.15) is 6.42 Å². The molecule has 0 radical (unpaired) electrons. The molecular formula is C19H22N2O3. The summed E-state index contributed by atoms with van der Waals surface area (Å²) >= 11 is 0. The van der Waals surface area contributed by atoms with Gasteiger partial charge in [0.05, 0.1) is 26.2 Å². The molecule has 2 aromatic rings. The number of hydrogen-bond acceptors (Lipinski definition) is 4. The molecule has 0 unspecified atom stereocenters. The van der Waals surface area contributed by atoms with Crippen molar-refractivity contribution in [2.24, 2.45) is 0 Å². The zero-order valence-electron chi connectivity index (χ0n) is 13.6. The highest BCUT2D eigenvalue weighted by Gasteiger charge is 2.12. The molecule has 5 nitrogen and oxygen atoms in total. The minimum absolute atomic E-state index is 0.0509. The van der Waals surface area contributed by atoms with Gasteiger partial charge in [0, 0.05) is 24.5 Å². The van der Waals surface area contributed by atoms with Crippen molar-refractivity contribution >= 4 is 17.3 Å². The lowest BCUT2D eigenvalue weighted by Gasteiger charge is -2.29. The number of nitrogens with one attached hydrogen (secondary N) is 1. The minimum Gasteiger partial charge on any atom is -0.493 e. The molecular weight excluding hydrogens is 304 g/mol. The molecule has 3 rings (SSSR count). The molecule has 5 heteroatoms. The van der Waals surface area contributed by atoms with Gasteiger partial charge in [-0.25, -0.2) is 0 Å². The van der Waals surface area contributed by atoms with Crippen LogP contribution in [0.3, 0.4) is 0 Å². The topological polar surface area (TPSA) is 50.8 Å². The number of nitrogens with zero attached hydrogens (tertiary/aromatic N) is 1. The maximum atomic E-state index is 12.1. The average molecular weight is 326 g/mol. The smallest absolute Gasteiger partial charge is 0.227 e. The van der Waals surface area contributed by atoms with E-state index >= 15 is 0 Å². The molecule has 1 saturated heterocycles. The van der Waals surface area contributed by atoms with Crippen LogP contribution in [0.2, 0.25) is 0 Å². The van der Waals surface area contributed by atoms with E-state index in [1.54, 1.807) is 0 Å². The SMILES string of the molecule is O=C(CCOc1ccccc1)Nc1cccc(N2CCOCC2)c1. The van der Waals surface area contributed by atoms with Gasteiger partial charge in [0.15, 0.2) is 0 Å². The average Bonchev–Trinajstić information content (AvgIpc) is 2.63. The molecule has 24 heavy (non-hydrogen) atoms. The maximum absolute atomic E-state index is 12.1. The van der Waals surface area contributed by atoms with E-state index in [2.05, 4.69) is 16.3 Å². The van der Waals surface area contributed by atoms with E-state index in [1.807, 2.05) is 48.5 Å². The molecule has 0 saturated carbocycles. The van der Waals surface area contributed by atoms with Crippen molar-refractivity contribution < 1.29 is 14.3 Å².